The fourth-order valence-electron chi connectivity index (χ4n) is 4.68. The summed E-state index contributed by atoms with van der Waals surface area (Å²) in [5.41, 5.74) is 10.4. The van der Waals surface area contributed by atoms with Gasteiger partial charge in [0, 0.05) is 32.3 Å². The van der Waals surface area contributed by atoms with Gasteiger partial charge in [-0.1, -0.05) is 19.1 Å². The second kappa shape index (κ2) is 12.5. The van der Waals surface area contributed by atoms with Crippen LogP contribution < -0.4 is 25.4 Å². The van der Waals surface area contributed by atoms with Crippen molar-refractivity contribution in [1.29, 1.82) is 0 Å². The van der Waals surface area contributed by atoms with Crippen LogP contribution in [0.4, 0.5) is 5.69 Å². The molecule has 1 aliphatic heterocycles. The highest BCUT2D eigenvalue weighted by molar-refractivity contribution is 6.00. The first-order valence-corrected chi connectivity index (χ1v) is 13.1. The number of anilines is 1. The summed E-state index contributed by atoms with van der Waals surface area (Å²) >= 11 is 0. The van der Waals surface area contributed by atoms with Gasteiger partial charge < -0.3 is 30.5 Å². The number of hydrogen-bond acceptors (Lipinski definition) is 6. The predicted molar refractivity (Wildman–Crippen MR) is 145 cm³/mol. The number of aryl methyl sites for hydroxylation is 1. The number of amides is 1. The zero-order valence-corrected chi connectivity index (χ0v) is 22.5. The third kappa shape index (κ3) is 7.61. The molecule has 1 heterocycles. The van der Waals surface area contributed by atoms with Crippen LogP contribution in [0.5, 0.6) is 11.5 Å². The highest BCUT2D eigenvalue weighted by Crippen LogP contribution is 2.34. The molecule has 3 rings (SSSR count). The summed E-state index contributed by atoms with van der Waals surface area (Å²) in [5.74, 6) is 1.13. The van der Waals surface area contributed by atoms with E-state index < -0.39 is 5.91 Å². The molecule has 4 N–H and O–H groups in total. The summed E-state index contributed by atoms with van der Waals surface area (Å²) in [6, 6.07) is 10.5. The van der Waals surface area contributed by atoms with Gasteiger partial charge in [0.05, 0.1) is 11.3 Å². The Balaban J connectivity index is 1.58. The van der Waals surface area contributed by atoms with E-state index in [4.69, 9.17) is 15.2 Å². The van der Waals surface area contributed by atoms with Gasteiger partial charge in [0.2, 0.25) is 0 Å². The van der Waals surface area contributed by atoms with Gasteiger partial charge >= 0.3 is 0 Å². The molecule has 0 fully saturated rings. The van der Waals surface area contributed by atoms with E-state index in [1.165, 1.54) is 5.56 Å². The van der Waals surface area contributed by atoms with Crippen LogP contribution in [0, 0.1) is 0 Å². The normalized spacial score (nSPS) is 14.0. The Morgan fingerprint density at radius 2 is 1.97 bits per heavy atom. The van der Waals surface area contributed by atoms with Crippen molar-refractivity contribution in [2.75, 3.05) is 37.7 Å². The molecule has 198 valence electrons. The monoisotopic (exact) mass is 497 g/mol. The second-order valence-electron chi connectivity index (χ2n) is 10.6. The maximum atomic E-state index is 12.2. The average molecular weight is 498 g/mol. The third-order valence-corrected chi connectivity index (χ3v) is 6.29. The topological polar surface area (TPSA) is 97.0 Å². The van der Waals surface area contributed by atoms with E-state index in [0.717, 1.165) is 60.7 Å². The number of ether oxygens (including phenoxy) is 2. The molecule has 0 bridgehead atoms. The quantitative estimate of drug-likeness (QED) is 0.364. The summed E-state index contributed by atoms with van der Waals surface area (Å²) in [6.07, 6.45) is 3.30. The smallest absolute Gasteiger partial charge is 0.250 e. The number of nitrogens with zero attached hydrogens (tertiary/aromatic N) is 1. The predicted octanol–water partition coefficient (Wildman–Crippen LogP) is 3.87. The Kier molecular flexibility index (Phi) is 9.63. The fraction of sp³-hybridized carbons (Fsp3) is 0.552. The first kappa shape index (κ1) is 27.8. The van der Waals surface area contributed by atoms with Crippen LogP contribution in [-0.2, 0) is 19.3 Å². The zero-order chi connectivity index (χ0) is 26.3. The molecule has 0 aliphatic carbocycles. The number of aliphatic hydroxyl groups excluding tert-OH is 1. The number of carbonyl (C=O) groups excluding carboxylic acids is 1. The molecule has 7 nitrogen and oxygen atoms in total. The number of rotatable bonds is 13. The molecule has 36 heavy (non-hydrogen) atoms. The van der Waals surface area contributed by atoms with Gasteiger partial charge in [-0.3, -0.25) is 4.79 Å². The maximum absolute atomic E-state index is 12.2. The lowest BCUT2D eigenvalue weighted by Gasteiger charge is -2.24. The minimum absolute atomic E-state index is 0.137. The van der Waals surface area contributed by atoms with Gasteiger partial charge in [-0.25, -0.2) is 0 Å². The van der Waals surface area contributed by atoms with Crippen LogP contribution in [0.3, 0.4) is 0 Å². The van der Waals surface area contributed by atoms with Crippen molar-refractivity contribution in [3.05, 3.63) is 52.6 Å². The number of carbonyl (C=O) groups is 1. The molecule has 2 aromatic rings. The van der Waals surface area contributed by atoms with Crippen molar-refractivity contribution in [3.8, 4) is 11.5 Å². The maximum Gasteiger partial charge on any atom is 0.250 e. The van der Waals surface area contributed by atoms with E-state index in [0.29, 0.717) is 25.1 Å². The van der Waals surface area contributed by atoms with Gasteiger partial charge in [-0.05, 0) is 88.3 Å². The lowest BCUT2D eigenvalue weighted by Crippen LogP contribution is -2.32. The number of benzene rings is 2. The van der Waals surface area contributed by atoms with E-state index in [9.17, 15) is 9.90 Å². The Labute approximate surface area is 216 Å². The summed E-state index contributed by atoms with van der Waals surface area (Å²) in [7, 11) is 0. The summed E-state index contributed by atoms with van der Waals surface area (Å²) in [4.78, 5) is 14.4. The molecule has 0 unspecified atom stereocenters. The van der Waals surface area contributed by atoms with Crippen LogP contribution in [0.25, 0.3) is 0 Å². The lowest BCUT2D eigenvalue weighted by atomic mass is 9.98. The Morgan fingerprint density at radius 3 is 2.64 bits per heavy atom. The van der Waals surface area contributed by atoms with Crippen molar-refractivity contribution < 1.29 is 19.4 Å². The molecule has 1 atom stereocenters. The van der Waals surface area contributed by atoms with E-state index in [1.807, 2.05) is 32.9 Å². The van der Waals surface area contributed by atoms with Gasteiger partial charge in [-0.2, -0.15) is 0 Å². The van der Waals surface area contributed by atoms with Crippen LogP contribution in [-0.4, -0.2) is 55.5 Å². The van der Waals surface area contributed by atoms with E-state index >= 15 is 0 Å². The zero-order valence-electron chi connectivity index (χ0n) is 22.5. The molecule has 7 heteroatoms. The van der Waals surface area contributed by atoms with Gasteiger partial charge in [0.15, 0.2) is 11.5 Å². The largest absolute Gasteiger partial charge is 0.488 e. The molecule has 0 radical (unpaired) electrons. The number of nitrogens with one attached hydrogen (secondary N) is 1. The molecule has 0 spiro atoms. The Morgan fingerprint density at radius 1 is 1.19 bits per heavy atom. The SMILES string of the molecule is CCc1ccc(OCCN[C@H](C)Cc2cc3c(c(C(N)=O)c2)N(CCCO)CC3)c(OC(C)(C)C)c1. The number of hydrogen-bond donors (Lipinski definition) is 3. The highest BCUT2D eigenvalue weighted by atomic mass is 16.5. The average Bonchev–Trinajstić information content (AvgIpc) is 3.22. The highest BCUT2D eigenvalue weighted by Gasteiger charge is 2.25. The molecular formula is C29H43N3O4. The number of aliphatic hydroxyl groups is 1. The van der Waals surface area contributed by atoms with Crippen molar-refractivity contribution in [2.45, 2.75) is 71.9 Å². The summed E-state index contributed by atoms with van der Waals surface area (Å²) < 4.78 is 12.2. The molecule has 0 saturated heterocycles. The van der Waals surface area contributed by atoms with Crippen LogP contribution in [0.1, 0.15) is 68.1 Å². The minimum atomic E-state index is -0.402. The third-order valence-electron chi connectivity index (χ3n) is 6.29. The second-order valence-corrected chi connectivity index (χ2v) is 10.6. The van der Waals surface area contributed by atoms with Crippen molar-refractivity contribution in [2.24, 2.45) is 5.73 Å². The van der Waals surface area contributed by atoms with E-state index in [2.05, 4.69) is 42.3 Å². The first-order chi connectivity index (χ1) is 17.1. The molecule has 1 aliphatic rings. The Bertz CT molecular complexity index is 1030. The minimum Gasteiger partial charge on any atom is -0.488 e. The molecule has 2 aromatic carbocycles. The summed E-state index contributed by atoms with van der Waals surface area (Å²) in [6.45, 7) is 13.3. The molecule has 0 saturated carbocycles. The van der Waals surface area contributed by atoms with Crippen LogP contribution in [0.2, 0.25) is 0 Å². The standard InChI is InChI=1S/C29H43N3O4/c1-6-21-8-9-25(26(19-21)36-29(3,4)5)35-15-11-31-20(2)16-22-17-23-10-13-32(12-7-14-33)27(23)24(18-22)28(30)34/h8-9,17-20,31,33H,6-7,10-16H2,1-5H3,(H2,30,34)/t20-/m1/s1. The van der Waals surface area contributed by atoms with Gasteiger partial charge in [0.1, 0.15) is 12.2 Å². The van der Waals surface area contributed by atoms with E-state index in [-0.39, 0.29) is 18.2 Å². The number of primary amides is 1. The summed E-state index contributed by atoms with van der Waals surface area (Å²) in [5, 5.41) is 12.7. The van der Waals surface area contributed by atoms with E-state index in [1.54, 1.807) is 0 Å². The molecule has 1 amide bonds. The van der Waals surface area contributed by atoms with Crippen molar-refractivity contribution in [1.82, 2.24) is 5.32 Å². The Hall–Kier alpha value is -2.77. The molecule has 0 aromatic heterocycles. The first-order valence-electron chi connectivity index (χ1n) is 13.1. The number of fused-ring (bicyclic) bond motifs is 1. The van der Waals surface area contributed by atoms with Gasteiger partial charge in [0.25, 0.3) is 5.91 Å². The number of nitrogens with two attached hydrogens (primary N) is 1. The van der Waals surface area contributed by atoms with Crippen molar-refractivity contribution in [3.63, 3.8) is 0 Å². The molecular weight excluding hydrogens is 454 g/mol. The van der Waals surface area contributed by atoms with Crippen LogP contribution >= 0.6 is 0 Å². The van der Waals surface area contributed by atoms with Gasteiger partial charge in [-0.15, -0.1) is 0 Å². The van der Waals surface area contributed by atoms with Crippen molar-refractivity contribution >= 4 is 11.6 Å². The van der Waals surface area contributed by atoms with Crippen LogP contribution in [0.15, 0.2) is 30.3 Å². The lowest BCUT2D eigenvalue weighted by molar-refractivity contribution is 0.100. The fourth-order valence-corrected chi connectivity index (χ4v) is 4.68.